The van der Waals surface area contributed by atoms with Crippen LogP contribution in [0.1, 0.15) is 12.8 Å². The van der Waals surface area contributed by atoms with E-state index in [1.54, 1.807) is 0 Å². The molecule has 0 radical (unpaired) electrons. The first-order valence-electron chi connectivity index (χ1n) is 5.72. The van der Waals surface area contributed by atoms with Crippen molar-refractivity contribution in [1.29, 1.82) is 0 Å². The van der Waals surface area contributed by atoms with Gasteiger partial charge in [-0.05, 0) is 31.5 Å². The Kier molecular flexibility index (Phi) is 3.90. The van der Waals surface area contributed by atoms with Gasteiger partial charge in [-0.15, -0.1) is 13.2 Å². The molecule has 0 aromatic carbocycles. The van der Waals surface area contributed by atoms with Crippen LogP contribution in [0, 0.1) is 0 Å². The summed E-state index contributed by atoms with van der Waals surface area (Å²) in [5.74, 6) is 0.244. The standard InChI is InChI=1S/C11H14F3N3O/c12-11(13,14)18-9-3-4-10(16-7-9)17-8-2-1-5-15-6-8/h3-4,7-8,15H,1-2,5-6H2,(H,16,17). The summed E-state index contributed by atoms with van der Waals surface area (Å²) in [6, 6.07) is 3.00. The van der Waals surface area contributed by atoms with Gasteiger partial charge in [0.15, 0.2) is 0 Å². The second kappa shape index (κ2) is 5.43. The molecule has 7 heteroatoms. The molecule has 2 N–H and O–H groups in total. The highest BCUT2D eigenvalue weighted by Gasteiger charge is 2.31. The summed E-state index contributed by atoms with van der Waals surface area (Å²) < 4.78 is 39.6. The van der Waals surface area contributed by atoms with Gasteiger partial charge in [-0.25, -0.2) is 4.98 Å². The molecule has 0 spiro atoms. The van der Waals surface area contributed by atoms with Gasteiger partial charge >= 0.3 is 6.36 Å². The minimum absolute atomic E-state index is 0.264. The fourth-order valence-electron chi connectivity index (χ4n) is 1.84. The molecule has 1 aliphatic rings. The third-order valence-electron chi connectivity index (χ3n) is 2.62. The van der Waals surface area contributed by atoms with Gasteiger partial charge in [-0.2, -0.15) is 0 Å². The highest BCUT2D eigenvalue weighted by atomic mass is 19.4. The number of ether oxygens (including phenoxy) is 1. The molecule has 0 bridgehead atoms. The highest BCUT2D eigenvalue weighted by molar-refractivity contribution is 5.38. The summed E-state index contributed by atoms with van der Waals surface area (Å²) in [7, 11) is 0. The average molecular weight is 261 g/mol. The van der Waals surface area contributed by atoms with Gasteiger partial charge in [0.25, 0.3) is 0 Å². The fourth-order valence-corrected chi connectivity index (χ4v) is 1.84. The van der Waals surface area contributed by atoms with Gasteiger partial charge < -0.3 is 15.4 Å². The predicted molar refractivity (Wildman–Crippen MR) is 60.4 cm³/mol. The summed E-state index contributed by atoms with van der Waals surface area (Å²) >= 11 is 0. The van der Waals surface area contributed by atoms with Crippen molar-refractivity contribution in [3.05, 3.63) is 18.3 Å². The molecular weight excluding hydrogens is 247 g/mol. The first-order chi connectivity index (χ1) is 8.53. The first-order valence-corrected chi connectivity index (χ1v) is 5.72. The number of rotatable bonds is 3. The van der Waals surface area contributed by atoms with E-state index in [2.05, 4.69) is 20.4 Å². The smallest absolute Gasteiger partial charge is 0.404 e. The van der Waals surface area contributed by atoms with Gasteiger partial charge in [-0.3, -0.25) is 0 Å². The molecule has 1 unspecified atom stereocenters. The number of pyridine rings is 1. The van der Waals surface area contributed by atoms with E-state index in [1.807, 2.05) is 0 Å². The third-order valence-corrected chi connectivity index (χ3v) is 2.62. The zero-order valence-electron chi connectivity index (χ0n) is 9.63. The van der Waals surface area contributed by atoms with Gasteiger partial charge in [0.2, 0.25) is 0 Å². The van der Waals surface area contributed by atoms with Crippen molar-refractivity contribution in [2.24, 2.45) is 0 Å². The summed E-state index contributed by atoms with van der Waals surface area (Å²) in [5, 5.41) is 6.39. The van der Waals surface area contributed by atoms with Gasteiger partial charge in [0, 0.05) is 12.6 Å². The van der Waals surface area contributed by atoms with Crippen molar-refractivity contribution in [3.63, 3.8) is 0 Å². The van der Waals surface area contributed by atoms with Crippen molar-refractivity contribution in [2.75, 3.05) is 18.4 Å². The maximum atomic E-state index is 11.9. The van der Waals surface area contributed by atoms with E-state index in [9.17, 15) is 13.2 Å². The van der Waals surface area contributed by atoms with Crippen LogP contribution in [0.15, 0.2) is 18.3 Å². The topological polar surface area (TPSA) is 46.2 Å². The quantitative estimate of drug-likeness (QED) is 0.875. The molecule has 0 aliphatic carbocycles. The van der Waals surface area contributed by atoms with Crippen LogP contribution in [0.4, 0.5) is 19.0 Å². The monoisotopic (exact) mass is 261 g/mol. The molecule has 1 atom stereocenters. The number of anilines is 1. The lowest BCUT2D eigenvalue weighted by Crippen LogP contribution is -2.38. The molecule has 1 aromatic rings. The average Bonchev–Trinajstić information content (AvgIpc) is 2.31. The molecular formula is C11H14F3N3O. The van der Waals surface area contributed by atoms with E-state index in [1.165, 1.54) is 12.1 Å². The Morgan fingerprint density at radius 3 is 2.78 bits per heavy atom. The Labute approximate surface area is 103 Å². The summed E-state index contributed by atoms with van der Waals surface area (Å²) in [6.45, 7) is 1.84. The fraction of sp³-hybridized carbons (Fsp3) is 0.545. The second-order valence-corrected chi connectivity index (χ2v) is 4.11. The number of nitrogens with zero attached hydrogens (tertiary/aromatic N) is 1. The zero-order chi connectivity index (χ0) is 13.0. The summed E-state index contributed by atoms with van der Waals surface area (Å²) in [6.07, 6.45) is -1.52. The molecule has 1 fully saturated rings. The van der Waals surface area contributed by atoms with Gasteiger partial charge in [0.05, 0.1) is 6.20 Å². The van der Waals surface area contributed by atoms with E-state index in [0.717, 1.165) is 32.1 Å². The van der Waals surface area contributed by atoms with Crippen molar-refractivity contribution >= 4 is 5.82 Å². The molecule has 1 aromatic heterocycles. The van der Waals surface area contributed by atoms with Crippen molar-refractivity contribution < 1.29 is 17.9 Å². The SMILES string of the molecule is FC(F)(F)Oc1ccc(NC2CCCNC2)nc1. The second-order valence-electron chi connectivity index (χ2n) is 4.11. The van der Waals surface area contributed by atoms with Crippen LogP contribution in [0.3, 0.4) is 0 Å². The van der Waals surface area contributed by atoms with Crippen LogP contribution in [0.2, 0.25) is 0 Å². The molecule has 0 saturated carbocycles. The van der Waals surface area contributed by atoms with Crippen LogP contribution in [-0.4, -0.2) is 30.5 Å². The van der Waals surface area contributed by atoms with Crippen LogP contribution in [-0.2, 0) is 0 Å². The van der Waals surface area contributed by atoms with Crippen LogP contribution < -0.4 is 15.4 Å². The number of piperidine rings is 1. The molecule has 2 heterocycles. The lowest BCUT2D eigenvalue weighted by Gasteiger charge is -2.24. The van der Waals surface area contributed by atoms with Crippen LogP contribution in [0.5, 0.6) is 5.75 Å². The minimum atomic E-state index is -4.68. The lowest BCUT2D eigenvalue weighted by atomic mass is 10.1. The number of hydrogen-bond donors (Lipinski definition) is 2. The molecule has 2 rings (SSSR count). The molecule has 1 saturated heterocycles. The predicted octanol–water partition coefficient (Wildman–Crippen LogP) is 2.14. The number of halogens is 3. The number of aromatic nitrogens is 1. The van der Waals surface area contributed by atoms with E-state index >= 15 is 0 Å². The number of alkyl halides is 3. The van der Waals surface area contributed by atoms with E-state index in [0.29, 0.717) is 5.82 Å². The Hall–Kier alpha value is -1.50. The van der Waals surface area contributed by atoms with Gasteiger partial charge in [0.1, 0.15) is 11.6 Å². The van der Waals surface area contributed by atoms with Crippen molar-refractivity contribution in [3.8, 4) is 5.75 Å². The first kappa shape index (κ1) is 12.9. The molecule has 0 amide bonds. The molecule has 18 heavy (non-hydrogen) atoms. The zero-order valence-corrected chi connectivity index (χ0v) is 9.63. The third kappa shape index (κ3) is 4.06. The van der Waals surface area contributed by atoms with E-state index in [4.69, 9.17) is 0 Å². The molecule has 4 nitrogen and oxygen atoms in total. The largest absolute Gasteiger partial charge is 0.573 e. The Morgan fingerprint density at radius 2 is 2.22 bits per heavy atom. The number of hydrogen-bond acceptors (Lipinski definition) is 4. The van der Waals surface area contributed by atoms with Crippen molar-refractivity contribution in [2.45, 2.75) is 25.2 Å². The molecule has 1 aliphatic heterocycles. The lowest BCUT2D eigenvalue weighted by molar-refractivity contribution is -0.274. The highest BCUT2D eigenvalue weighted by Crippen LogP contribution is 2.22. The minimum Gasteiger partial charge on any atom is -0.404 e. The van der Waals surface area contributed by atoms with Crippen LogP contribution in [0.25, 0.3) is 0 Å². The van der Waals surface area contributed by atoms with E-state index < -0.39 is 6.36 Å². The van der Waals surface area contributed by atoms with E-state index in [-0.39, 0.29) is 11.8 Å². The number of nitrogens with one attached hydrogen (secondary N) is 2. The maximum Gasteiger partial charge on any atom is 0.573 e. The van der Waals surface area contributed by atoms with Crippen molar-refractivity contribution in [1.82, 2.24) is 10.3 Å². The Bertz CT molecular complexity index is 374. The summed E-state index contributed by atoms with van der Waals surface area (Å²) in [5.41, 5.74) is 0. The normalized spacial score (nSPS) is 20.5. The molecule has 100 valence electrons. The maximum absolute atomic E-state index is 11.9. The Morgan fingerprint density at radius 1 is 1.39 bits per heavy atom. The summed E-state index contributed by atoms with van der Waals surface area (Å²) in [4.78, 5) is 3.89. The Balaban J connectivity index is 1.90. The van der Waals surface area contributed by atoms with Gasteiger partial charge in [-0.1, -0.05) is 0 Å². The van der Waals surface area contributed by atoms with Crippen LogP contribution >= 0.6 is 0 Å².